The van der Waals surface area contributed by atoms with Crippen molar-refractivity contribution < 1.29 is 9.59 Å². The minimum atomic E-state index is -0.314. The first-order chi connectivity index (χ1) is 12.5. The molecule has 1 atom stereocenters. The molecule has 0 aliphatic rings. The lowest BCUT2D eigenvalue weighted by Crippen LogP contribution is -2.26. The number of carbonyl (C=O) groups is 2. The van der Waals surface area contributed by atoms with E-state index >= 15 is 0 Å². The number of carbonyl (C=O) groups excluding carboxylic acids is 2. The molecule has 0 radical (unpaired) electrons. The second kappa shape index (κ2) is 10.0. The first kappa shape index (κ1) is 20.0. The minimum Gasteiger partial charge on any atom is -0.325 e. The van der Waals surface area contributed by atoms with Crippen molar-refractivity contribution in [3.8, 4) is 0 Å². The van der Waals surface area contributed by atoms with E-state index in [1.807, 2.05) is 55.5 Å². The highest BCUT2D eigenvalue weighted by Crippen LogP contribution is 2.24. The van der Waals surface area contributed by atoms with Gasteiger partial charge in [0, 0.05) is 11.4 Å². The van der Waals surface area contributed by atoms with Gasteiger partial charge in [-0.3, -0.25) is 9.59 Å². The van der Waals surface area contributed by atoms with E-state index in [2.05, 4.69) is 24.5 Å². The standard InChI is InChI=1S/C21H26N2O2S/c1-4-16-10-9-11-17(5-2)20(16)23-21(25)15(3)26-14-19(24)22-18-12-7-6-8-13-18/h6-13,15H,4-5,14H2,1-3H3,(H,22,24)(H,23,25)/t15-/m1/s1. The molecule has 0 spiro atoms. The highest BCUT2D eigenvalue weighted by Gasteiger charge is 2.18. The SMILES string of the molecule is CCc1cccc(CC)c1NC(=O)[C@@H](C)SCC(=O)Nc1ccccc1. The molecule has 0 saturated carbocycles. The molecule has 5 heteroatoms. The van der Waals surface area contributed by atoms with Crippen molar-refractivity contribution in [3.05, 3.63) is 59.7 Å². The molecule has 0 aliphatic heterocycles. The molecule has 0 unspecified atom stereocenters. The lowest BCUT2D eigenvalue weighted by Gasteiger charge is -2.17. The molecule has 0 bridgehead atoms. The number of anilines is 2. The molecule has 0 fully saturated rings. The topological polar surface area (TPSA) is 58.2 Å². The van der Waals surface area contributed by atoms with E-state index in [1.54, 1.807) is 0 Å². The zero-order valence-corrected chi connectivity index (χ0v) is 16.4. The van der Waals surface area contributed by atoms with Gasteiger partial charge in [-0.2, -0.15) is 0 Å². The van der Waals surface area contributed by atoms with Crippen molar-refractivity contribution >= 4 is 35.0 Å². The van der Waals surface area contributed by atoms with E-state index in [1.165, 1.54) is 11.8 Å². The molecule has 138 valence electrons. The molecule has 4 nitrogen and oxygen atoms in total. The molecule has 2 rings (SSSR count). The minimum absolute atomic E-state index is 0.0712. The molecular weight excluding hydrogens is 344 g/mol. The zero-order chi connectivity index (χ0) is 18.9. The van der Waals surface area contributed by atoms with Crippen LogP contribution >= 0.6 is 11.8 Å². The van der Waals surface area contributed by atoms with Crippen LogP contribution in [0.4, 0.5) is 11.4 Å². The van der Waals surface area contributed by atoms with Crippen LogP contribution in [0.15, 0.2) is 48.5 Å². The first-order valence-electron chi connectivity index (χ1n) is 8.93. The Hall–Kier alpha value is -2.27. The lowest BCUT2D eigenvalue weighted by molar-refractivity contribution is -0.115. The van der Waals surface area contributed by atoms with Gasteiger partial charge in [0.05, 0.1) is 11.0 Å². The number of rotatable bonds is 8. The highest BCUT2D eigenvalue weighted by atomic mass is 32.2. The third-order valence-electron chi connectivity index (χ3n) is 4.14. The van der Waals surface area contributed by atoms with Crippen LogP contribution in [0.2, 0.25) is 0 Å². The molecule has 0 saturated heterocycles. The van der Waals surface area contributed by atoms with Crippen molar-refractivity contribution in [3.63, 3.8) is 0 Å². The normalized spacial score (nSPS) is 11.7. The van der Waals surface area contributed by atoms with Gasteiger partial charge in [0.2, 0.25) is 11.8 Å². The molecule has 2 N–H and O–H groups in total. The van der Waals surface area contributed by atoms with E-state index in [9.17, 15) is 9.59 Å². The van der Waals surface area contributed by atoms with Gasteiger partial charge in [0.1, 0.15) is 0 Å². The molecule has 0 heterocycles. The van der Waals surface area contributed by atoms with Gasteiger partial charge in [0.15, 0.2) is 0 Å². The zero-order valence-electron chi connectivity index (χ0n) is 15.5. The molecule has 2 aromatic rings. The van der Waals surface area contributed by atoms with Gasteiger partial charge >= 0.3 is 0 Å². The number of aryl methyl sites for hydroxylation is 2. The summed E-state index contributed by atoms with van der Waals surface area (Å²) in [5.74, 6) is 0.0571. The van der Waals surface area contributed by atoms with Crippen LogP contribution < -0.4 is 10.6 Å². The van der Waals surface area contributed by atoms with E-state index in [0.29, 0.717) is 0 Å². The number of benzene rings is 2. The summed E-state index contributed by atoms with van der Waals surface area (Å²) in [5, 5.41) is 5.58. The summed E-state index contributed by atoms with van der Waals surface area (Å²) in [6.07, 6.45) is 1.73. The van der Waals surface area contributed by atoms with Crippen molar-refractivity contribution in [1.29, 1.82) is 0 Å². The molecule has 0 aliphatic carbocycles. The van der Waals surface area contributed by atoms with E-state index in [-0.39, 0.29) is 22.8 Å². The van der Waals surface area contributed by atoms with Crippen molar-refractivity contribution in [2.24, 2.45) is 0 Å². The van der Waals surface area contributed by atoms with Crippen LogP contribution in [0.1, 0.15) is 31.9 Å². The van der Waals surface area contributed by atoms with Crippen molar-refractivity contribution in [2.75, 3.05) is 16.4 Å². The molecule has 2 aromatic carbocycles. The van der Waals surface area contributed by atoms with Gasteiger partial charge in [-0.15, -0.1) is 11.8 Å². The first-order valence-corrected chi connectivity index (χ1v) is 9.98. The second-order valence-corrected chi connectivity index (χ2v) is 7.34. The second-order valence-electron chi connectivity index (χ2n) is 6.02. The number of amides is 2. The highest BCUT2D eigenvalue weighted by molar-refractivity contribution is 8.01. The number of nitrogens with one attached hydrogen (secondary N) is 2. The van der Waals surface area contributed by atoms with Gasteiger partial charge in [-0.05, 0) is 43.0 Å². The van der Waals surface area contributed by atoms with Crippen LogP contribution in [0, 0.1) is 0 Å². The summed E-state index contributed by atoms with van der Waals surface area (Å²) in [4.78, 5) is 24.6. The summed E-state index contributed by atoms with van der Waals surface area (Å²) in [7, 11) is 0. The Labute approximate surface area is 159 Å². The molecule has 2 amide bonds. The predicted molar refractivity (Wildman–Crippen MR) is 111 cm³/mol. The number of para-hydroxylation sites is 2. The number of hydrogen-bond donors (Lipinski definition) is 2. The average molecular weight is 371 g/mol. The summed E-state index contributed by atoms with van der Waals surface area (Å²) < 4.78 is 0. The Kier molecular flexibility index (Phi) is 7.73. The van der Waals surface area contributed by atoms with Crippen molar-refractivity contribution in [1.82, 2.24) is 0 Å². The Bertz CT molecular complexity index is 725. The van der Waals surface area contributed by atoms with E-state index < -0.39 is 0 Å². The maximum Gasteiger partial charge on any atom is 0.237 e. The summed E-state index contributed by atoms with van der Waals surface area (Å²) >= 11 is 1.33. The average Bonchev–Trinajstić information content (AvgIpc) is 2.66. The Morgan fingerprint density at radius 1 is 0.923 bits per heavy atom. The molecule has 0 aromatic heterocycles. The summed E-state index contributed by atoms with van der Waals surface area (Å²) in [6, 6.07) is 15.4. The van der Waals surface area contributed by atoms with Crippen LogP contribution in [-0.2, 0) is 22.4 Å². The van der Waals surface area contributed by atoms with Gasteiger partial charge in [0.25, 0.3) is 0 Å². The van der Waals surface area contributed by atoms with Gasteiger partial charge < -0.3 is 10.6 Å². The van der Waals surface area contributed by atoms with Crippen LogP contribution in [0.3, 0.4) is 0 Å². The van der Waals surface area contributed by atoms with Crippen LogP contribution in [0.25, 0.3) is 0 Å². The largest absolute Gasteiger partial charge is 0.325 e. The Balaban J connectivity index is 1.91. The quantitative estimate of drug-likeness (QED) is 0.719. The van der Waals surface area contributed by atoms with Gasteiger partial charge in [-0.1, -0.05) is 50.2 Å². The number of hydrogen-bond acceptors (Lipinski definition) is 3. The van der Waals surface area contributed by atoms with Gasteiger partial charge in [-0.25, -0.2) is 0 Å². The monoisotopic (exact) mass is 370 g/mol. The Morgan fingerprint density at radius 2 is 1.54 bits per heavy atom. The fourth-order valence-corrected chi connectivity index (χ4v) is 3.31. The fraction of sp³-hybridized carbons (Fsp3) is 0.333. The lowest BCUT2D eigenvalue weighted by atomic mass is 10.0. The molecule has 26 heavy (non-hydrogen) atoms. The molecular formula is C21H26N2O2S. The smallest absolute Gasteiger partial charge is 0.237 e. The maximum absolute atomic E-state index is 12.6. The van der Waals surface area contributed by atoms with E-state index in [4.69, 9.17) is 0 Å². The fourth-order valence-electron chi connectivity index (χ4n) is 2.62. The van der Waals surface area contributed by atoms with E-state index in [0.717, 1.165) is 35.3 Å². The number of thioether (sulfide) groups is 1. The Morgan fingerprint density at radius 3 is 2.12 bits per heavy atom. The predicted octanol–water partition coefficient (Wildman–Crippen LogP) is 4.51. The van der Waals surface area contributed by atoms with Crippen LogP contribution in [-0.4, -0.2) is 22.8 Å². The maximum atomic E-state index is 12.6. The van der Waals surface area contributed by atoms with Crippen molar-refractivity contribution in [2.45, 2.75) is 38.9 Å². The third-order valence-corrected chi connectivity index (χ3v) is 5.28. The van der Waals surface area contributed by atoms with Crippen LogP contribution in [0.5, 0.6) is 0 Å². The third kappa shape index (κ3) is 5.63. The summed E-state index contributed by atoms with van der Waals surface area (Å²) in [6.45, 7) is 5.99. The summed E-state index contributed by atoms with van der Waals surface area (Å²) in [5.41, 5.74) is 3.96.